The Balaban J connectivity index is 1.88. The molecular weight excluding hydrogens is 286 g/mol. The first-order chi connectivity index (χ1) is 8.86. The monoisotopic (exact) mass is 295 g/mol. The molecule has 1 N–H and O–H groups in total. The fourth-order valence-electron chi connectivity index (χ4n) is 1.40. The topological polar surface area (TPSA) is 63.6 Å². The summed E-state index contributed by atoms with van der Waals surface area (Å²) in [5, 5.41) is 15.2. The zero-order valence-corrected chi connectivity index (χ0v) is 11.9. The molecule has 0 bridgehead atoms. The average molecular weight is 295 g/mol. The van der Waals surface area contributed by atoms with Gasteiger partial charge in [-0.1, -0.05) is 11.3 Å². The Bertz CT molecular complexity index is 662. The number of hydrogen-bond donors (Lipinski definition) is 1. The van der Waals surface area contributed by atoms with E-state index in [2.05, 4.69) is 25.5 Å². The van der Waals surface area contributed by atoms with E-state index in [9.17, 15) is 0 Å². The van der Waals surface area contributed by atoms with Crippen molar-refractivity contribution in [3.05, 3.63) is 17.8 Å². The number of nitrogens with one attached hydrogen (secondary N) is 1. The Hall–Kier alpha value is -1.25. The molecule has 0 aliphatic carbocycles. The molecule has 3 rings (SSSR count). The van der Waals surface area contributed by atoms with Crippen molar-refractivity contribution in [2.24, 2.45) is 0 Å². The van der Waals surface area contributed by atoms with Crippen LogP contribution in [0.15, 0.2) is 27.1 Å². The highest BCUT2D eigenvalue weighted by Gasteiger charge is 2.10. The van der Waals surface area contributed by atoms with Gasteiger partial charge in [0.05, 0.1) is 10.2 Å². The molecule has 0 aromatic carbocycles. The van der Waals surface area contributed by atoms with Gasteiger partial charge in [-0.3, -0.25) is 0 Å². The summed E-state index contributed by atoms with van der Waals surface area (Å²) in [5.41, 5.74) is 0.980. The number of nitrogens with zero attached hydrogens (tertiary/aromatic N) is 4. The third kappa shape index (κ3) is 2.31. The third-order valence-electron chi connectivity index (χ3n) is 2.13. The molecule has 0 atom stereocenters. The molecule has 0 fully saturated rings. The van der Waals surface area contributed by atoms with Gasteiger partial charge in [-0.05, 0) is 30.1 Å². The summed E-state index contributed by atoms with van der Waals surface area (Å²) in [4.78, 5) is 8.53. The van der Waals surface area contributed by atoms with Crippen LogP contribution < -0.4 is 5.32 Å². The van der Waals surface area contributed by atoms with E-state index in [1.165, 1.54) is 23.1 Å². The van der Waals surface area contributed by atoms with Gasteiger partial charge in [0, 0.05) is 6.54 Å². The molecule has 0 spiro atoms. The quantitative estimate of drug-likeness (QED) is 0.746. The van der Waals surface area contributed by atoms with Crippen molar-refractivity contribution in [2.45, 2.75) is 16.3 Å². The Labute approximate surface area is 116 Å². The Kier molecular flexibility index (Phi) is 3.39. The van der Waals surface area contributed by atoms with Gasteiger partial charge in [0.1, 0.15) is 11.4 Å². The van der Waals surface area contributed by atoms with E-state index in [1.807, 2.05) is 18.4 Å². The normalized spacial score (nSPS) is 10.9. The summed E-state index contributed by atoms with van der Waals surface area (Å²) in [5.74, 6) is 0. The van der Waals surface area contributed by atoms with Crippen LogP contribution in [0.1, 0.15) is 6.92 Å². The third-order valence-corrected chi connectivity index (χ3v) is 5.10. The minimum absolute atomic E-state index is 0.844. The second kappa shape index (κ2) is 5.17. The molecule has 3 aromatic heterocycles. The van der Waals surface area contributed by atoms with E-state index in [4.69, 9.17) is 0 Å². The van der Waals surface area contributed by atoms with Gasteiger partial charge in [-0.2, -0.15) is 0 Å². The van der Waals surface area contributed by atoms with Crippen LogP contribution in [0, 0.1) is 0 Å². The van der Waals surface area contributed by atoms with Crippen molar-refractivity contribution in [1.82, 2.24) is 20.2 Å². The van der Waals surface area contributed by atoms with Crippen LogP contribution in [0.4, 0.5) is 5.13 Å². The summed E-state index contributed by atoms with van der Waals surface area (Å²) in [6, 6.07) is 2.00. The lowest BCUT2D eigenvalue weighted by Gasteiger charge is -1.96. The first kappa shape index (κ1) is 11.8. The van der Waals surface area contributed by atoms with Gasteiger partial charge < -0.3 is 5.32 Å². The Morgan fingerprint density at radius 3 is 3.17 bits per heavy atom. The molecule has 8 heteroatoms. The van der Waals surface area contributed by atoms with Crippen LogP contribution in [0.25, 0.3) is 10.2 Å². The molecule has 0 aliphatic heterocycles. The highest BCUT2D eigenvalue weighted by Crippen LogP contribution is 2.35. The fraction of sp³-hybridized carbons (Fsp3) is 0.200. The van der Waals surface area contributed by atoms with Gasteiger partial charge >= 0.3 is 0 Å². The molecule has 18 heavy (non-hydrogen) atoms. The lowest BCUT2D eigenvalue weighted by atomic mass is 10.5. The number of fused-ring (bicyclic) bond motifs is 1. The summed E-state index contributed by atoms with van der Waals surface area (Å²) in [6.45, 7) is 2.88. The SMILES string of the molecule is CCNc1nnc(Sc2ncnc3ccsc23)s1. The Morgan fingerprint density at radius 1 is 1.33 bits per heavy atom. The predicted octanol–water partition coefficient (Wildman–Crippen LogP) is 3.13. The highest BCUT2D eigenvalue weighted by molar-refractivity contribution is 8.01. The first-order valence-corrected chi connectivity index (χ1v) is 7.81. The number of rotatable bonds is 4. The average Bonchev–Trinajstić information content (AvgIpc) is 2.99. The minimum atomic E-state index is 0.844. The van der Waals surface area contributed by atoms with Crippen LogP contribution in [0.3, 0.4) is 0 Å². The minimum Gasteiger partial charge on any atom is -0.360 e. The summed E-state index contributed by atoms with van der Waals surface area (Å²) in [6.07, 6.45) is 1.59. The van der Waals surface area contributed by atoms with Crippen LogP contribution in [0.2, 0.25) is 0 Å². The van der Waals surface area contributed by atoms with Crippen molar-refractivity contribution < 1.29 is 0 Å². The van der Waals surface area contributed by atoms with Crippen molar-refractivity contribution >= 4 is 49.8 Å². The first-order valence-electron chi connectivity index (χ1n) is 5.30. The smallest absolute Gasteiger partial charge is 0.206 e. The molecule has 3 aromatic rings. The van der Waals surface area contributed by atoms with Crippen molar-refractivity contribution in [2.75, 3.05) is 11.9 Å². The maximum absolute atomic E-state index is 4.31. The van der Waals surface area contributed by atoms with Gasteiger partial charge in [0.2, 0.25) is 5.13 Å². The molecule has 92 valence electrons. The van der Waals surface area contributed by atoms with Gasteiger partial charge in [0.15, 0.2) is 4.34 Å². The second-order valence-electron chi connectivity index (χ2n) is 3.32. The summed E-state index contributed by atoms with van der Waals surface area (Å²) >= 11 is 4.72. The van der Waals surface area contributed by atoms with E-state index in [0.29, 0.717) is 0 Å². The van der Waals surface area contributed by atoms with Crippen LogP contribution >= 0.6 is 34.4 Å². The van der Waals surface area contributed by atoms with Crippen LogP contribution in [-0.2, 0) is 0 Å². The molecule has 5 nitrogen and oxygen atoms in total. The van der Waals surface area contributed by atoms with Crippen LogP contribution in [0.5, 0.6) is 0 Å². The predicted molar refractivity (Wildman–Crippen MR) is 75.6 cm³/mol. The van der Waals surface area contributed by atoms with Gasteiger partial charge in [-0.25, -0.2) is 9.97 Å². The maximum atomic E-state index is 4.31. The highest BCUT2D eigenvalue weighted by atomic mass is 32.2. The van der Waals surface area contributed by atoms with E-state index in [-0.39, 0.29) is 0 Å². The molecule has 0 aliphatic rings. The lowest BCUT2D eigenvalue weighted by Crippen LogP contribution is -1.94. The number of thiophene rings is 1. The standard InChI is InChI=1S/C10H9N5S3/c1-2-11-9-14-15-10(18-9)17-8-7-6(3-4-16-7)12-5-13-8/h3-5H,2H2,1H3,(H,11,14). The molecule has 0 saturated heterocycles. The number of hydrogen-bond acceptors (Lipinski definition) is 8. The van der Waals surface area contributed by atoms with Crippen molar-refractivity contribution in [3.8, 4) is 0 Å². The van der Waals surface area contributed by atoms with E-state index < -0.39 is 0 Å². The number of aromatic nitrogens is 4. The van der Waals surface area contributed by atoms with Crippen molar-refractivity contribution in [3.63, 3.8) is 0 Å². The second-order valence-corrected chi connectivity index (χ2v) is 6.45. The fourth-order valence-corrected chi connectivity index (χ4v) is 4.12. The van der Waals surface area contributed by atoms with Gasteiger partial charge in [0.25, 0.3) is 0 Å². The molecule has 0 saturated carbocycles. The summed E-state index contributed by atoms with van der Waals surface area (Å²) < 4.78 is 1.99. The molecule has 3 heterocycles. The van der Waals surface area contributed by atoms with E-state index in [1.54, 1.807) is 17.7 Å². The Morgan fingerprint density at radius 2 is 2.28 bits per heavy atom. The van der Waals surface area contributed by atoms with Crippen LogP contribution in [-0.4, -0.2) is 26.7 Å². The van der Waals surface area contributed by atoms with Crippen molar-refractivity contribution in [1.29, 1.82) is 0 Å². The number of anilines is 1. The molecule has 0 amide bonds. The maximum Gasteiger partial charge on any atom is 0.206 e. The molecule has 0 radical (unpaired) electrons. The largest absolute Gasteiger partial charge is 0.360 e. The molecular formula is C10H9N5S3. The van der Waals surface area contributed by atoms with E-state index in [0.717, 1.165) is 31.3 Å². The van der Waals surface area contributed by atoms with E-state index >= 15 is 0 Å². The lowest BCUT2D eigenvalue weighted by molar-refractivity contribution is 0.998. The zero-order valence-electron chi connectivity index (χ0n) is 9.45. The van der Waals surface area contributed by atoms with Gasteiger partial charge in [-0.15, -0.1) is 21.5 Å². The molecule has 0 unspecified atom stereocenters. The zero-order chi connectivity index (χ0) is 12.4. The summed E-state index contributed by atoms with van der Waals surface area (Å²) in [7, 11) is 0.